The number of allylic oxidation sites excluding steroid dienone is 12. The Morgan fingerprint density at radius 1 is 0.727 bits per heavy atom. The van der Waals surface area contributed by atoms with Gasteiger partial charge in [0.1, 0.15) is 11.8 Å². The fourth-order valence-electron chi connectivity index (χ4n) is 4.06. The Labute approximate surface area is 265 Å². The maximum Gasteiger partial charge on any atom is 0.255 e. The highest BCUT2D eigenvalue weighted by atomic mass is 16.3. The van der Waals surface area contributed by atoms with Crippen molar-refractivity contribution in [3.8, 4) is 5.75 Å². The van der Waals surface area contributed by atoms with Crippen LogP contribution in [-0.2, 0) is 9.59 Å². The Balaban J connectivity index is 2.17. The highest BCUT2D eigenvalue weighted by Crippen LogP contribution is 2.16. The smallest absolute Gasteiger partial charge is 0.255 e. The number of aromatic hydroxyl groups is 1. The van der Waals surface area contributed by atoms with Gasteiger partial charge in [-0.1, -0.05) is 106 Å². The van der Waals surface area contributed by atoms with Gasteiger partial charge in [-0.25, -0.2) is 0 Å². The summed E-state index contributed by atoms with van der Waals surface area (Å²) in [5, 5.41) is 18.2. The molecule has 0 fully saturated rings. The van der Waals surface area contributed by atoms with Gasteiger partial charge in [0.15, 0.2) is 0 Å². The summed E-state index contributed by atoms with van der Waals surface area (Å²) in [6.07, 6.45) is 33.1. The first-order valence-corrected chi connectivity index (χ1v) is 15.9. The molecular formula is C37H53N3O4. The van der Waals surface area contributed by atoms with Crippen LogP contribution in [-0.4, -0.2) is 42.0 Å². The molecule has 4 N–H and O–H groups in total. The van der Waals surface area contributed by atoms with E-state index in [0.29, 0.717) is 25.8 Å². The average Bonchev–Trinajstić information content (AvgIpc) is 3.00. The van der Waals surface area contributed by atoms with E-state index in [1.54, 1.807) is 12.1 Å². The van der Waals surface area contributed by atoms with Crippen LogP contribution in [0.15, 0.2) is 97.2 Å². The van der Waals surface area contributed by atoms with Gasteiger partial charge in [-0.15, -0.1) is 0 Å². The molecule has 1 aromatic rings. The van der Waals surface area contributed by atoms with Gasteiger partial charge in [0.05, 0.1) is 5.56 Å². The molecule has 1 rings (SSSR count). The number of hydrogen-bond acceptors (Lipinski definition) is 4. The lowest BCUT2D eigenvalue weighted by Crippen LogP contribution is -2.48. The van der Waals surface area contributed by atoms with Crippen molar-refractivity contribution < 1.29 is 19.5 Å². The summed E-state index contributed by atoms with van der Waals surface area (Å²) < 4.78 is 0. The molecule has 0 bridgehead atoms. The molecule has 0 aliphatic rings. The molecule has 1 atom stereocenters. The van der Waals surface area contributed by atoms with Crippen LogP contribution < -0.4 is 16.0 Å². The fourth-order valence-corrected chi connectivity index (χ4v) is 4.06. The van der Waals surface area contributed by atoms with Crippen LogP contribution in [0.5, 0.6) is 5.75 Å². The SMILES string of the molecule is CC/C=C\C/C=C\C/C=C\C/C=C\C/C=C\C/C=C\CCC(=O)NCCNC(=O)[C@H](CC(C)C)NC(=O)c1ccccc1O. The standard InChI is InChI=1S/C37H53N3O4/c1-4-5-6-7-8-9-10-11-12-13-14-15-16-17-18-19-20-21-22-27-35(42)38-28-29-39-37(44)33(30-31(2)3)40-36(43)32-25-23-24-26-34(32)41/h5-6,8-9,11-12,14-15,17-18,20-21,23-26,31,33,41H,4,7,10,13,16,19,22,27-30H2,1-3H3,(H,38,42)(H,39,44)(H,40,43)/b6-5-,9-8-,12-11-,15-14-,18-17-,21-20-/t33-/m0/s1. The van der Waals surface area contributed by atoms with E-state index < -0.39 is 11.9 Å². The van der Waals surface area contributed by atoms with Crippen molar-refractivity contribution in [2.45, 2.75) is 84.6 Å². The summed E-state index contributed by atoms with van der Waals surface area (Å²) in [5.74, 6) is -0.878. The Hall–Kier alpha value is -4.13. The van der Waals surface area contributed by atoms with E-state index in [9.17, 15) is 19.5 Å². The number of phenolic OH excluding ortho intramolecular Hbond substituents is 1. The molecule has 0 spiro atoms. The van der Waals surface area contributed by atoms with Gasteiger partial charge >= 0.3 is 0 Å². The largest absolute Gasteiger partial charge is 0.507 e. The van der Waals surface area contributed by atoms with Gasteiger partial charge < -0.3 is 21.1 Å². The number of phenols is 1. The topological polar surface area (TPSA) is 108 Å². The van der Waals surface area contributed by atoms with Crippen LogP contribution in [0.25, 0.3) is 0 Å². The molecule has 0 aromatic heterocycles. The number of hydrogen-bond donors (Lipinski definition) is 4. The zero-order valence-electron chi connectivity index (χ0n) is 26.8. The average molecular weight is 604 g/mol. The minimum absolute atomic E-state index is 0.0784. The first-order chi connectivity index (χ1) is 21.3. The van der Waals surface area contributed by atoms with Gasteiger partial charge in [0.2, 0.25) is 11.8 Å². The fraction of sp³-hybridized carbons (Fsp3) is 0.432. The second-order valence-corrected chi connectivity index (χ2v) is 10.8. The Morgan fingerprint density at radius 2 is 1.23 bits per heavy atom. The maximum absolute atomic E-state index is 12.7. The van der Waals surface area contributed by atoms with Crippen molar-refractivity contribution in [1.82, 2.24) is 16.0 Å². The van der Waals surface area contributed by atoms with Gasteiger partial charge in [-0.3, -0.25) is 14.4 Å². The number of nitrogens with one attached hydrogen (secondary N) is 3. The number of benzene rings is 1. The third kappa shape index (κ3) is 19.9. The van der Waals surface area contributed by atoms with Crippen molar-refractivity contribution in [3.05, 3.63) is 103 Å². The normalized spacial score (nSPS) is 12.9. The predicted molar refractivity (Wildman–Crippen MR) is 182 cm³/mol. The quantitative estimate of drug-likeness (QED) is 0.0827. The summed E-state index contributed by atoms with van der Waals surface area (Å²) >= 11 is 0. The number of carbonyl (C=O) groups excluding carboxylic acids is 3. The van der Waals surface area contributed by atoms with Gasteiger partial charge in [-0.05, 0) is 69.4 Å². The van der Waals surface area contributed by atoms with E-state index in [1.165, 1.54) is 12.1 Å². The van der Waals surface area contributed by atoms with Gasteiger partial charge in [-0.2, -0.15) is 0 Å². The molecule has 0 aliphatic heterocycles. The monoisotopic (exact) mass is 603 g/mol. The Kier molecular flexibility index (Phi) is 21.9. The molecule has 3 amide bonds. The van der Waals surface area contributed by atoms with E-state index in [2.05, 4.69) is 89.7 Å². The van der Waals surface area contributed by atoms with Crippen molar-refractivity contribution in [2.24, 2.45) is 5.92 Å². The van der Waals surface area contributed by atoms with E-state index in [0.717, 1.165) is 38.5 Å². The molecular weight excluding hydrogens is 550 g/mol. The lowest BCUT2D eigenvalue weighted by atomic mass is 10.0. The van der Waals surface area contributed by atoms with Crippen molar-refractivity contribution >= 4 is 17.7 Å². The van der Waals surface area contributed by atoms with Crippen LogP contribution in [0.4, 0.5) is 0 Å². The highest BCUT2D eigenvalue weighted by Gasteiger charge is 2.23. The molecule has 7 nitrogen and oxygen atoms in total. The molecule has 0 saturated carbocycles. The summed E-state index contributed by atoms with van der Waals surface area (Å²) in [6, 6.07) is 5.47. The van der Waals surface area contributed by atoms with E-state index in [4.69, 9.17) is 0 Å². The van der Waals surface area contributed by atoms with Crippen LogP contribution >= 0.6 is 0 Å². The number of rotatable bonds is 22. The van der Waals surface area contributed by atoms with Crippen LogP contribution in [0.3, 0.4) is 0 Å². The first kappa shape index (κ1) is 37.9. The molecule has 0 unspecified atom stereocenters. The Morgan fingerprint density at radius 3 is 1.75 bits per heavy atom. The summed E-state index contributed by atoms with van der Waals surface area (Å²) in [7, 11) is 0. The number of amides is 3. The molecule has 0 saturated heterocycles. The summed E-state index contributed by atoms with van der Waals surface area (Å²) in [6.45, 7) is 6.63. The molecule has 0 radical (unpaired) electrons. The van der Waals surface area contributed by atoms with Crippen LogP contribution in [0.2, 0.25) is 0 Å². The second kappa shape index (κ2) is 25.4. The molecule has 1 aromatic carbocycles. The number of carbonyl (C=O) groups is 3. The maximum atomic E-state index is 12.7. The number of para-hydroxylation sites is 1. The predicted octanol–water partition coefficient (Wildman–Crippen LogP) is 7.25. The minimum atomic E-state index is -0.745. The summed E-state index contributed by atoms with van der Waals surface area (Å²) in [4.78, 5) is 37.4. The third-order valence-electron chi connectivity index (χ3n) is 6.36. The van der Waals surface area contributed by atoms with Crippen molar-refractivity contribution in [3.63, 3.8) is 0 Å². The van der Waals surface area contributed by atoms with E-state index in [-0.39, 0.29) is 35.6 Å². The molecule has 240 valence electrons. The molecule has 44 heavy (non-hydrogen) atoms. The van der Waals surface area contributed by atoms with E-state index in [1.807, 2.05) is 19.9 Å². The zero-order chi connectivity index (χ0) is 32.3. The molecule has 0 aliphatic carbocycles. The Bertz CT molecular complexity index is 1150. The van der Waals surface area contributed by atoms with Crippen molar-refractivity contribution in [1.29, 1.82) is 0 Å². The summed E-state index contributed by atoms with van der Waals surface area (Å²) in [5.41, 5.74) is 0.119. The zero-order valence-corrected chi connectivity index (χ0v) is 26.8. The molecule has 7 heteroatoms. The lowest BCUT2D eigenvalue weighted by Gasteiger charge is -2.20. The third-order valence-corrected chi connectivity index (χ3v) is 6.36. The first-order valence-electron chi connectivity index (χ1n) is 15.9. The van der Waals surface area contributed by atoms with Gasteiger partial charge in [0, 0.05) is 19.5 Å². The van der Waals surface area contributed by atoms with E-state index >= 15 is 0 Å². The molecule has 0 heterocycles. The van der Waals surface area contributed by atoms with Crippen LogP contribution in [0.1, 0.15) is 88.9 Å². The minimum Gasteiger partial charge on any atom is -0.507 e. The van der Waals surface area contributed by atoms with Crippen LogP contribution in [0, 0.1) is 5.92 Å². The van der Waals surface area contributed by atoms with Crippen molar-refractivity contribution in [2.75, 3.05) is 13.1 Å². The highest BCUT2D eigenvalue weighted by molar-refractivity contribution is 5.99. The van der Waals surface area contributed by atoms with Gasteiger partial charge in [0.25, 0.3) is 5.91 Å². The second-order valence-electron chi connectivity index (χ2n) is 10.8. The lowest BCUT2D eigenvalue weighted by molar-refractivity contribution is -0.124.